The van der Waals surface area contributed by atoms with Crippen molar-refractivity contribution in [3.05, 3.63) is 29.8 Å². The lowest BCUT2D eigenvalue weighted by Crippen LogP contribution is -2.45. The third-order valence-corrected chi connectivity index (χ3v) is 4.12. The molecule has 2 aliphatic rings. The molecule has 0 atom stereocenters. The highest BCUT2D eigenvalue weighted by Crippen LogP contribution is 2.28. The summed E-state index contributed by atoms with van der Waals surface area (Å²) in [5.41, 5.74) is 0.329. The molecule has 0 aromatic carbocycles. The molecule has 3 rings (SSSR count). The van der Waals surface area contributed by atoms with Gasteiger partial charge in [0.2, 0.25) is 0 Å². The van der Waals surface area contributed by atoms with E-state index in [2.05, 4.69) is 10.3 Å². The van der Waals surface area contributed by atoms with E-state index in [4.69, 9.17) is 0 Å². The number of likely N-dealkylation sites (tertiary alicyclic amines) is 1. The second-order valence-corrected chi connectivity index (χ2v) is 5.78. The summed E-state index contributed by atoms with van der Waals surface area (Å²) in [6, 6.07) is 3.26. The molecular weight excluding hydrogens is 257 g/mol. The first kappa shape index (κ1) is 13.5. The molecule has 2 fully saturated rings. The number of amides is 1. The minimum absolute atomic E-state index is 0.0920. The van der Waals surface area contributed by atoms with Crippen LogP contribution in [0.2, 0.25) is 0 Å². The van der Waals surface area contributed by atoms with Gasteiger partial charge in [-0.3, -0.25) is 4.79 Å². The van der Waals surface area contributed by atoms with E-state index in [-0.39, 0.29) is 5.91 Å². The molecule has 1 N–H and O–H groups in total. The van der Waals surface area contributed by atoms with Crippen LogP contribution in [0.1, 0.15) is 36.2 Å². The number of nitrogens with one attached hydrogen (secondary N) is 1. The molecule has 20 heavy (non-hydrogen) atoms. The molecule has 1 amide bonds. The Kier molecular flexibility index (Phi) is 3.96. The van der Waals surface area contributed by atoms with Crippen molar-refractivity contribution in [1.82, 2.24) is 15.2 Å². The highest BCUT2D eigenvalue weighted by atomic mass is 19.1. The Bertz CT molecular complexity index is 465. The van der Waals surface area contributed by atoms with Crippen LogP contribution in [0.15, 0.2) is 18.3 Å². The minimum Gasteiger partial charge on any atom is -0.337 e. The Morgan fingerprint density at radius 3 is 2.65 bits per heavy atom. The van der Waals surface area contributed by atoms with Gasteiger partial charge >= 0.3 is 0 Å². The summed E-state index contributed by atoms with van der Waals surface area (Å²) >= 11 is 0. The summed E-state index contributed by atoms with van der Waals surface area (Å²) in [5.74, 6) is 0.383. The second kappa shape index (κ2) is 5.87. The van der Waals surface area contributed by atoms with E-state index < -0.39 is 5.82 Å². The van der Waals surface area contributed by atoms with Crippen molar-refractivity contribution in [2.24, 2.45) is 5.92 Å². The van der Waals surface area contributed by atoms with E-state index in [1.54, 1.807) is 0 Å². The average molecular weight is 277 g/mol. The molecule has 4 nitrogen and oxygen atoms in total. The summed E-state index contributed by atoms with van der Waals surface area (Å²) in [6.45, 7) is 2.62. The number of hydrogen-bond donors (Lipinski definition) is 1. The van der Waals surface area contributed by atoms with Crippen molar-refractivity contribution in [3.63, 3.8) is 0 Å². The number of pyridine rings is 1. The molecule has 1 aliphatic heterocycles. The van der Waals surface area contributed by atoms with Crippen LogP contribution in [-0.2, 0) is 0 Å². The largest absolute Gasteiger partial charge is 0.337 e. The topological polar surface area (TPSA) is 45.2 Å². The van der Waals surface area contributed by atoms with Gasteiger partial charge in [-0.2, -0.15) is 0 Å². The monoisotopic (exact) mass is 277 g/mol. The first-order valence-electron chi connectivity index (χ1n) is 7.36. The molecule has 0 spiro atoms. The van der Waals surface area contributed by atoms with Gasteiger partial charge < -0.3 is 10.2 Å². The van der Waals surface area contributed by atoms with Crippen LogP contribution < -0.4 is 5.32 Å². The maximum absolute atomic E-state index is 12.8. The number of carbonyl (C=O) groups is 1. The molecule has 5 heteroatoms. The van der Waals surface area contributed by atoms with Crippen molar-refractivity contribution in [2.75, 3.05) is 19.6 Å². The van der Waals surface area contributed by atoms with E-state index in [0.717, 1.165) is 44.6 Å². The zero-order valence-electron chi connectivity index (χ0n) is 11.5. The van der Waals surface area contributed by atoms with E-state index in [1.165, 1.54) is 25.0 Å². The molecule has 1 saturated carbocycles. The third kappa shape index (κ3) is 3.33. The van der Waals surface area contributed by atoms with E-state index >= 15 is 0 Å². The van der Waals surface area contributed by atoms with E-state index in [1.807, 2.05) is 4.90 Å². The number of aromatic nitrogens is 1. The Morgan fingerprint density at radius 2 is 2.05 bits per heavy atom. The molecule has 2 heterocycles. The zero-order valence-corrected chi connectivity index (χ0v) is 11.5. The highest BCUT2D eigenvalue weighted by Gasteiger charge is 2.26. The van der Waals surface area contributed by atoms with Gasteiger partial charge in [-0.05, 0) is 50.3 Å². The molecule has 108 valence electrons. The van der Waals surface area contributed by atoms with Crippen molar-refractivity contribution >= 4 is 5.91 Å². The van der Waals surface area contributed by atoms with Crippen molar-refractivity contribution in [3.8, 4) is 0 Å². The van der Waals surface area contributed by atoms with Crippen molar-refractivity contribution in [2.45, 2.75) is 31.7 Å². The first-order chi connectivity index (χ1) is 9.72. The summed E-state index contributed by atoms with van der Waals surface area (Å²) in [4.78, 5) is 17.9. The predicted molar refractivity (Wildman–Crippen MR) is 73.8 cm³/mol. The summed E-state index contributed by atoms with van der Waals surface area (Å²) in [6.07, 6.45) is 5.79. The fraction of sp³-hybridized carbons (Fsp3) is 0.600. The molecular formula is C15H20FN3O. The fourth-order valence-corrected chi connectivity index (χ4v) is 2.61. The molecule has 0 bridgehead atoms. The van der Waals surface area contributed by atoms with Gasteiger partial charge in [0.1, 0.15) is 11.5 Å². The first-order valence-corrected chi connectivity index (χ1v) is 7.36. The summed E-state index contributed by atoms with van der Waals surface area (Å²) < 4.78 is 12.8. The maximum atomic E-state index is 12.8. The normalized spacial score (nSPS) is 20.1. The molecule has 0 unspecified atom stereocenters. The van der Waals surface area contributed by atoms with Crippen molar-refractivity contribution in [1.29, 1.82) is 0 Å². The minimum atomic E-state index is -0.412. The van der Waals surface area contributed by atoms with Gasteiger partial charge in [-0.15, -0.1) is 0 Å². The maximum Gasteiger partial charge on any atom is 0.272 e. The number of piperidine rings is 1. The Balaban J connectivity index is 1.49. The summed E-state index contributed by atoms with van der Waals surface area (Å²) in [7, 11) is 0. The van der Waals surface area contributed by atoms with Gasteiger partial charge in [0.15, 0.2) is 0 Å². The molecule has 1 saturated heterocycles. The van der Waals surface area contributed by atoms with Crippen LogP contribution in [0.4, 0.5) is 4.39 Å². The Hall–Kier alpha value is -1.49. The molecule has 1 aliphatic carbocycles. The number of rotatable bonds is 4. The van der Waals surface area contributed by atoms with Crippen LogP contribution in [0.5, 0.6) is 0 Å². The lowest BCUT2D eigenvalue weighted by Gasteiger charge is -2.32. The standard InChI is InChI=1S/C15H20FN3O/c16-12-3-4-14(18-10-12)15(20)19-7-5-13(6-8-19)17-9-11-1-2-11/h3-4,10-11,13,17H,1-2,5-9H2. The van der Waals surface area contributed by atoms with Crippen LogP contribution in [-0.4, -0.2) is 41.5 Å². The van der Waals surface area contributed by atoms with Crippen LogP contribution in [0.3, 0.4) is 0 Å². The zero-order chi connectivity index (χ0) is 13.9. The summed E-state index contributed by atoms with van der Waals surface area (Å²) in [5, 5.41) is 3.59. The van der Waals surface area contributed by atoms with Crippen LogP contribution >= 0.6 is 0 Å². The average Bonchev–Trinajstić information content (AvgIpc) is 3.30. The van der Waals surface area contributed by atoms with Gasteiger partial charge in [-0.25, -0.2) is 9.37 Å². The SMILES string of the molecule is O=C(c1ccc(F)cn1)N1CCC(NCC2CC2)CC1. The van der Waals surface area contributed by atoms with Gasteiger partial charge in [-0.1, -0.05) is 0 Å². The third-order valence-electron chi connectivity index (χ3n) is 4.12. The Morgan fingerprint density at radius 1 is 1.30 bits per heavy atom. The highest BCUT2D eigenvalue weighted by molar-refractivity contribution is 5.92. The second-order valence-electron chi connectivity index (χ2n) is 5.78. The van der Waals surface area contributed by atoms with Gasteiger partial charge in [0.05, 0.1) is 6.20 Å². The lowest BCUT2D eigenvalue weighted by atomic mass is 10.0. The lowest BCUT2D eigenvalue weighted by molar-refractivity contribution is 0.0699. The van der Waals surface area contributed by atoms with E-state index in [9.17, 15) is 9.18 Å². The van der Waals surface area contributed by atoms with Gasteiger partial charge in [0.25, 0.3) is 5.91 Å². The smallest absolute Gasteiger partial charge is 0.272 e. The van der Waals surface area contributed by atoms with Crippen molar-refractivity contribution < 1.29 is 9.18 Å². The number of hydrogen-bond acceptors (Lipinski definition) is 3. The molecule has 0 radical (unpaired) electrons. The molecule has 1 aromatic rings. The fourth-order valence-electron chi connectivity index (χ4n) is 2.61. The van der Waals surface area contributed by atoms with Gasteiger partial charge in [0, 0.05) is 19.1 Å². The van der Waals surface area contributed by atoms with E-state index in [0.29, 0.717) is 11.7 Å². The molecule has 1 aromatic heterocycles. The van der Waals surface area contributed by atoms with Crippen LogP contribution in [0, 0.1) is 11.7 Å². The number of halogens is 1. The quantitative estimate of drug-likeness (QED) is 0.913. The number of nitrogens with zero attached hydrogens (tertiary/aromatic N) is 2. The Labute approximate surface area is 118 Å². The predicted octanol–water partition coefficient (Wildman–Crippen LogP) is 1.82. The number of carbonyl (C=O) groups excluding carboxylic acids is 1. The van der Waals surface area contributed by atoms with Crippen LogP contribution in [0.25, 0.3) is 0 Å².